The Hall–Kier alpha value is -1.06. The quantitative estimate of drug-likeness (QED) is 0.844. The lowest BCUT2D eigenvalue weighted by molar-refractivity contribution is -0.120. The summed E-state index contributed by atoms with van der Waals surface area (Å²) in [5.41, 5.74) is 1.13. The summed E-state index contributed by atoms with van der Waals surface area (Å²) in [6, 6.07) is 8.24. The molecule has 0 unspecified atom stereocenters. The maximum absolute atomic E-state index is 11.5. The van der Waals surface area contributed by atoms with Crippen molar-refractivity contribution < 1.29 is 4.79 Å². The summed E-state index contributed by atoms with van der Waals surface area (Å²) in [5, 5.41) is 6.87. The summed E-state index contributed by atoms with van der Waals surface area (Å²) in [5.74, 6) is 0.0771. The Bertz CT molecular complexity index is 387. The third kappa shape index (κ3) is 4.02. The van der Waals surface area contributed by atoms with E-state index in [1.54, 1.807) is 0 Å². The van der Waals surface area contributed by atoms with Gasteiger partial charge in [0.2, 0.25) is 5.91 Å². The van der Waals surface area contributed by atoms with Crippen molar-refractivity contribution in [2.45, 2.75) is 31.8 Å². The molecule has 0 saturated heterocycles. The van der Waals surface area contributed by atoms with Gasteiger partial charge in [-0.15, -0.1) is 0 Å². The summed E-state index contributed by atoms with van der Waals surface area (Å²) in [6.07, 6.45) is 2.25. The van der Waals surface area contributed by atoms with E-state index in [2.05, 4.69) is 10.6 Å². The van der Waals surface area contributed by atoms with E-state index in [1.165, 1.54) is 0 Å². The molecule has 2 rings (SSSR count). The molecule has 1 aliphatic rings. The number of benzene rings is 1. The minimum absolute atomic E-state index is 0.0771. The van der Waals surface area contributed by atoms with Gasteiger partial charge in [-0.1, -0.05) is 23.7 Å². The lowest BCUT2D eigenvalue weighted by Crippen LogP contribution is -2.36. The molecule has 0 aromatic heterocycles. The fourth-order valence-corrected chi connectivity index (χ4v) is 1.75. The molecule has 1 aromatic carbocycles. The zero-order valence-electron chi connectivity index (χ0n) is 9.87. The SMILES string of the molecule is C[C@H](NCC(=O)NC1CC1)c1ccc(Cl)cc1. The first-order valence-corrected chi connectivity index (χ1v) is 6.31. The predicted molar refractivity (Wildman–Crippen MR) is 69.0 cm³/mol. The van der Waals surface area contributed by atoms with Crippen LogP contribution in [0.4, 0.5) is 0 Å². The van der Waals surface area contributed by atoms with Crippen molar-refractivity contribution in [1.29, 1.82) is 0 Å². The monoisotopic (exact) mass is 252 g/mol. The molecule has 0 heterocycles. The number of hydrogen-bond acceptors (Lipinski definition) is 2. The number of carbonyl (C=O) groups is 1. The van der Waals surface area contributed by atoms with Gasteiger partial charge in [0.15, 0.2) is 0 Å². The van der Waals surface area contributed by atoms with Gasteiger partial charge in [-0.3, -0.25) is 4.79 Å². The van der Waals surface area contributed by atoms with Crippen LogP contribution in [0.5, 0.6) is 0 Å². The first kappa shape index (κ1) is 12.4. The molecule has 2 N–H and O–H groups in total. The molecule has 1 aliphatic carbocycles. The van der Waals surface area contributed by atoms with E-state index in [9.17, 15) is 4.79 Å². The third-order valence-electron chi connectivity index (χ3n) is 2.88. The van der Waals surface area contributed by atoms with E-state index in [0.29, 0.717) is 12.6 Å². The second kappa shape index (κ2) is 5.52. The molecule has 3 nitrogen and oxygen atoms in total. The Balaban J connectivity index is 1.77. The largest absolute Gasteiger partial charge is 0.352 e. The molecular weight excluding hydrogens is 236 g/mol. The summed E-state index contributed by atoms with van der Waals surface area (Å²) < 4.78 is 0. The smallest absolute Gasteiger partial charge is 0.234 e. The van der Waals surface area contributed by atoms with E-state index in [0.717, 1.165) is 23.4 Å². The Morgan fingerprint density at radius 1 is 1.41 bits per heavy atom. The lowest BCUT2D eigenvalue weighted by atomic mass is 10.1. The Morgan fingerprint density at radius 3 is 2.65 bits per heavy atom. The average molecular weight is 253 g/mol. The maximum atomic E-state index is 11.5. The van der Waals surface area contributed by atoms with Gasteiger partial charge in [0.1, 0.15) is 0 Å². The van der Waals surface area contributed by atoms with Gasteiger partial charge in [0, 0.05) is 17.1 Å². The van der Waals surface area contributed by atoms with Crippen molar-refractivity contribution in [1.82, 2.24) is 10.6 Å². The molecule has 1 amide bonds. The number of rotatable bonds is 5. The highest BCUT2D eigenvalue weighted by Crippen LogP contribution is 2.18. The highest BCUT2D eigenvalue weighted by Gasteiger charge is 2.23. The van der Waals surface area contributed by atoms with Crippen LogP contribution in [0.1, 0.15) is 31.4 Å². The van der Waals surface area contributed by atoms with Gasteiger partial charge in [0.05, 0.1) is 6.54 Å². The molecule has 0 bridgehead atoms. The normalized spacial score (nSPS) is 16.6. The first-order valence-electron chi connectivity index (χ1n) is 5.93. The number of carbonyl (C=O) groups excluding carboxylic acids is 1. The molecule has 4 heteroatoms. The van der Waals surface area contributed by atoms with Crippen molar-refractivity contribution in [2.24, 2.45) is 0 Å². The summed E-state index contributed by atoms with van der Waals surface area (Å²) in [4.78, 5) is 11.5. The van der Waals surface area contributed by atoms with Crippen molar-refractivity contribution in [3.05, 3.63) is 34.9 Å². The predicted octanol–water partition coefficient (Wildman–Crippen LogP) is 2.27. The maximum Gasteiger partial charge on any atom is 0.234 e. The van der Waals surface area contributed by atoms with Gasteiger partial charge in [-0.25, -0.2) is 0 Å². The average Bonchev–Trinajstić information content (AvgIpc) is 3.11. The number of amides is 1. The highest BCUT2D eigenvalue weighted by molar-refractivity contribution is 6.30. The number of nitrogens with one attached hydrogen (secondary N) is 2. The van der Waals surface area contributed by atoms with Gasteiger partial charge in [0.25, 0.3) is 0 Å². The Labute approximate surface area is 107 Å². The zero-order valence-corrected chi connectivity index (χ0v) is 10.6. The molecule has 1 fully saturated rings. The fourth-order valence-electron chi connectivity index (χ4n) is 1.62. The second-order valence-electron chi connectivity index (χ2n) is 4.50. The molecular formula is C13H17ClN2O. The minimum atomic E-state index is 0.0771. The van der Waals surface area contributed by atoms with Crippen LogP contribution in [0.15, 0.2) is 24.3 Å². The van der Waals surface area contributed by atoms with E-state index >= 15 is 0 Å². The van der Waals surface area contributed by atoms with E-state index in [-0.39, 0.29) is 11.9 Å². The van der Waals surface area contributed by atoms with Crippen molar-refractivity contribution >= 4 is 17.5 Å². The van der Waals surface area contributed by atoms with Gasteiger partial charge >= 0.3 is 0 Å². The fraction of sp³-hybridized carbons (Fsp3) is 0.462. The topological polar surface area (TPSA) is 41.1 Å². The highest BCUT2D eigenvalue weighted by atomic mass is 35.5. The minimum Gasteiger partial charge on any atom is -0.352 e. The van der Waals surface area contributed by atoms with Gasteiger partial charge in [-0.05, 0) is 37.5 Å². The van der Waals surface area contributed by atoms with Gasteiger partial charge < -0.3 is 10.6 Å². The summed E-state index contributed by atoms with van der Waals surface area (Å²) in [6.45, 7) is 2.40. The van der Waals surface area contributed by atoms with Crippen molar-refractivity contribution in [3.8, 4) is 0 Å². The molecule has 0 radical (unpaired) electrons. The molecule has 92 valence electrons. The third-order valence-corrected chi connectivity index (χ3v) is 3.13. The number of halogens is 1. The molecule has 1 saturated carbocycles. The molecule has 0 spiro atoms. The summed E-state index contributed by atoms with van der Waals surface area (Å²) in [7, 11) is 0. The van der Waals surface area contributed by atoms with Crippen molar-refractivity contribution in [2.75, 3.05) is 6.54 Å². The van der Waals surface area contributed by atoms with Crippen molar-refractivity contribution in [3.63, 3.8) is 0 Å². The second-order valence-corrected chi connectivity index (χ2v) is 4.93. The Morgan fingerprint density at radius 2 is 2.06 bits per heavy atom. The standard InChI is InChI=1S/C13H17ClN2O/c1-9(10-2-4-11(14)5-3-10)15-8-13(17)16-12-6-7-12/h2-5,9,12,15H,6-8H2,1H3,(H,16,17)/t9-/m0/s1. The molecule has 17 heavy (non-hydrogen) atoms. The molecule has 1 aromatic rings. The Kier molecular flexibility index (Phi) is 4.02. The van der Waals surface area contributed by atoms with Crippen LogP contribution >= 0.6 is 11.6 Å². The van der Waals surface area contributed by atoms with Crippen LogP contribution < -0.4 is 10.6 Å². The van der Waals surface area contributed by atoms with E-state index in [4.69, 9.17) is 11.6 Å². The van der Waals surface area contributed by atoms with Gasteiger partial charge in [-0.2, -0.15) is 0 Å². The van der Waals surface area contributed by atoms with Crippen LogP contribution in [-0.2, 0) is 4.79 Å². The van der Waals surface area contributed by atoms with Crippen LogP contribution in [0, 0.1) is 0 Å². The summed E-state index contributed by atoms with van der Waals surface area (Å²) >= 11 is 5.82. The van der Waals surface area contributed by atoms with E-state index < -0.39 is 0 Å². The van der Waals surface area contributed by atoms with Crippen LogP contribution in [-0.4, -0.2) is 18.5 Å². The zero-order chi connectivity index (χ0) is 12.3. The van der Waals surface area contributed by atoms with E-state index in [1.807, 2.05) is 31.2 Å². The molecule has 1 atom stereocenters. The first-order chi connectivity index (χ1) is 8.15. The van der Waals surface area contributed by atoms with Crippen LogP contribution in [0.2, 0.25) is 5.02 Å². The molecule has 0 aliphatic heterocycles. The number of hydrogen-bond donors (Lipinski definition) is 2. The van der Waals surface area contributed by atoms with Crippen LogP contribution in [0.25, 0.3) is 0 Å². The van der Waals surface area contributed by atoms with Crippen LogP contribution in [0.3, 0.4) is 0 Å². The lowest BCUT2D eigenvalue weighted by Gasteiger charge is -2.14.